The number of ether oxygens (including phenoxy) is 1. The number of rotatable bonds is 2. The predicted octanol–water partition coefficient (Wildman–Crippen LogP) is 2.99. The number of hydrogen-bond donors (Lipinski definition) is 2. The van der Waals surface area contributed by atoms with E-state index in [4.69, 9.17) is 16.3 Å². The molecule has 102 valence electrons. The van der Waals surface area contributed by atoms with E-state index >= 15 is 0 Å². The lowest BCUT2D eigenvalue weighted by Crippen LogP contribution is -2.31. The summed E-state index contributed by atoms with van der Waals surface area (Å²) in [5.74, 6) is 0.426. The van der Waals surface area contributed by atoms with E-state index in [9.17, 15) is 9.90 Å². The lowest BCUT2D eigenvalue weighted by Gasteiger charge is -2.11. The summed E-state index contributed by atoms with van der Waals surface area (Å²) in [6, 6.07) is 12.1. The SMILES string of the molecule is O=C(Nc1ccc(Cl)c(O)c1)C1Cc2ccccc2O1. The third kappa shape index (κ3) is 2.42. The molecule has 0 fully saturated rings. The standard InChI is InChI=1S/C15H12ClNO3/c16-11-6-5-10(8-12(11)18)17-15(19)14-7-9-3-1-2-4-13(9)20-14/h1-6,8,14,18H,7H2,(H,17,19). The van der Waals surface area contributed by atoms with Gasteiger partial charge in [0.1, 0.15) is 11.5 Å². The molecule has 4 nitrogen and oxygen atoms in total. The van der Waals surface area contributed by atoms with Crippen LogP contribution in [0.3, 0.4) is 0 Å². The van der Waals surface area contributed by atoms with E-state index in [1.807, 2.05) is 24.3 Å². The monoisotopic (exact) mass is 289 g/mol. The highest BCUT2D eigenvalue weighted by molar-refractivity contribution is 6.32. The van der Waals surface area contributed by atoms with Gasteiger partial charge in [-0.15, -0.1) is 0 Å². The number of para-hydroxylation sites is 1. The van der Waals surface area contributed by atoms with Crippen LogP contribution in [-0.4, -0.2) is 17.1 Å². The fraction of sp³-hybridized carbons (Fsp3) is 0.133. The average molecular weight is 290 g/mol. The molecular formula is C15H12ClNO3. The van der Waals surface area contributed by atoms with E-state index < -0.39 is 6.10 Å². The van der Waals surface area contributed by atoms with E-state index in [2.05, 4.69) is 5.32 Å². The van der Waals surface area contributed by atoms with Gasteiger partial charge in [-0.25, -0.2) is 0 Å². The molecule has 0 bridgehead atoms. The molecule has 2 aromatic rings. The van der Waals surface area contributed by atoms with Gasteiger partial charge < -0.3 is 15.2 Å². The molecule has 0 saturated heterocycles. The number of nitrogens with one attached hydrogen (secondary N) is 1. The van der Waals surface area contributed by atoms with Crippen LogP contribution in [0.15, 0.2) is 42.5 Å². The predicted molar refractivity (Wildman–Crippen MR) is 76.3 cm³/mol. The third-order valence-electron chi connectivity index (χ3n) is 3.15. The van der Waals surface area contributed by atoms with Gasteiger partial charge in [-0.2, -0.15) is 0 Å². The number of hydrogen-bond acceptors (Lipinski definition) is 3. The Bertz CT molecular complexity index is 647. The van der Waals surface area contributed by atoms with E-state index in [1.165, 1.54) is 12.1 Å². The topological polar surface area (TPSA) is 58.6 Å². The Morgan fingerprint density at radius 2 is 2.10 bits per heavy atom. The zero-order valence-electron chi connectivity index (χ0n) is 10.5. The number of anilines is 1. The fourth-order valence-electron chi connectivity index (χ4n) is 2.14. The van der Waals surface area contributed by atoms with Crippen LogP contribution < -0.4 is 10.1 Å². The molecule has 0 saturated carbocycles. The summed E-state index contributed by atoms with van der Waals surface area (Å²) in [6.45, 7) is 0. The van der Waals surface area contributed by atoms with Crippen LogP contribution in [0.1, 0.15) is 5.56 Å². The van der Waals surface area contributed by atoms with Gasteiger partial charge in [-0.1, -0.05) is 29.8 Å². The van der Waals surface area contributed by atoms with Crippen molar-refractivity contribution in [2.75, 3.05) is 5.32 Å². The molecule has 1 amide bonds. The first kappa shape index (κ1) is 12.8. The van der Waals surface area contributed by atoms with Crippen molar-refractivity contribution in [3.8, 4) is 11.5 Å². The average Bonchev–Trinajstić information content (AvgIpc) is 2.87. The first-order valence-corrected chi connectivity index (χ1v) is 6.55. The van der Waals surface area contributed by atoms with Crippen LogP contribution in [0.2, 0.25) is 5.02 Å². The van der Waals surface area contributed by atoms with Crippen LogP contribution in [0, 0.1) is 0 Å². The molecule has 1 atom stereocenters. The molecular weight excluding hydrogens is 278 g/mol. The highest BCUT2D eigenvalue weighted by atomic mass is 35.5. The molecule has 2 N–H and O–H groups in total. The molecule has 3 rings (SSSR count). The van der Waals surface area contributed by atoms with Gasteiger partial charge in [0.05, 0.1) is 5.02 Å². The molecule has 1 unspecified atom stereocenters. The fourth-order valence-corrected chi connectivity index (χ4v) is 2.26. The van der Waals surface area contributed by atoms with Crippen molar-refractivity contribution in [3.63, 3.8) is 0 Å². The van der Waals surface area contributed by atoms with Crippen LogP contribution in [0.4, 0.5) is 5.69 Å². The molecule has 1 aliphatic heterocycles. The number of phenolic OH excluding ortho intramolecular Hbond substituents is 1. The van der Waals surface area contributed by atoms with Crippen LogP contribution in [0.25, 0.3) is 0 Å². The van der Waals surface area contributed by atoms with Gasteiger partial charge >= 0.3 is 0 Å². The second kappa shape index (κ2) is 5.06. The van der Waals surface area contributed by atoms with Gasteiger partial charge in [0.2, 0.25) is 0 Å². The maximum Gasteiger partial charge on any atom is 0.265 e. The molecule has 1 aliphatic rings. The summed E-state index contributed by atoms with van der Waals surface area (Å²) in [5.41, 5.74) is 1.50. The molecule has 5 heteroatoms. The number of phenols is 1. The van der Waals surface area contributed by atoms with Crippen LogP contribution in [-0.2, 0) is 11.2 Å². The first-order chi connectivity index (χ1) is 9.63. The van der Waals surface area contributed by atoms with Crippen molar-refractivity contribution in [1.82, 2.24) is 0 Å². The van der Waals surface area contributed by atoms with Crippen LogP contribution in [0.5, 0.6) is 11.5 Å². The summed E-state index contributed by atoms with van der Waals surface area (Å²) in [6.07, 6.45) is -0.00749. The van der Waals surface area contributed by atoms with Gasteiger partial charge in [0, 0.05) is 18.2 Å². The van der Waals surface area contributed by atoms with Gasteiger partial charge in [-0.05, 0) is 23.8 Å². The number of carbonyl (C=O) groups excluding carboxylic acids is 1. The van der Waals surface area contributed by atoms with Crippen molar-refractivity contribution in [2.45, 2.75) is 12.5 Å². The molecule has 0 spiro atoms. The largest absolute Gasteiger partial charge is 0.506 e. The van der Waals surface area contributed by atoms with Crippen molar-refractivity contribution < 1.29 is 14.6 Å². The summed E-state index contributed by atoms with van der Waals surface area (Å²) in [7, 11) is 0. The Balaban J connectivity index is 1.71. The van der Waals surface area contributed by atoms with E-state index in [1.54, 1.807) is 6.07 Å². The number of carbonyl (C=O) groups is 1. The molecule has 20 heavy (non-hydrogen) atoms. The minimum atomic E-state index is -0.551. The summed E-state index contributed by atoms with van der Waals surface area (Å²) in [5, 5.41) is 12.5. The highest BCUT2D eigenvalue weighted by Crippen LogP contribution is 2.30. The minimum absolute atomic E-state index is 0.0694. The maximum absolute atomic E-state index is 12.1. The van der Waals surface area contributed by atoms with Crippen molar-refractivity contribution in [3.05, 3.63) is 53.1 Å². The minimum Gasteiger partial charge on any atom is -0.506 e. The molecule has 1 heterocycles. The Labute approximate surface area is 120 Å². The lowest BCUT2D eigenvalue weighted by molar-refractivity contribution is -0.122. The molecule has 2 aromatic carbocycles. The van der Waals surface area contributed by atoms with Crippen molar-refractivity contribution in [2.24, 2.45) is 0 Å². The zero-order valence-corrected chi connectivity index (χ0v) is 11.2. The lowest BCUT2D eigenvalue weighted by atomic mass is 10.1. The Morgan fingerprint density at radius 3 is 2.85 bits per heavy atom. The van der Waals surface area contributed by atoms with Gasteiger partial charge in [0.25, 0.3) is 5.91 Å². The Hall–Kier alpha value is -2.20. The summed E-state index contributed by atoms with van der Waals surface area (Å²) in [4.78, 5) is 12.1. The van der Waals surface area contributed by atoms with E-state index in [-0.39, 0.29) is 16.7 Å². The molecule has 0 aliphatic carbocycles. The number of benzene rings is 2. The second-order valence-corrected chi connectivity index (χ2v) is 4.98. The first-order valence-electron chi connectivity index (χ1n) is 6.17. The Kier molecular flexibility index (Phi) is 3.24. The number of amides is 1. The summed E-state index contributed by atoms with van der Waals surface area (Å²) < 4.78 is 5.59. The van der Waals surface area contributed by atoms with Gasteiger partial charge in [0.15, 0.2) is 6.10 Å². The maximum atomic E-state index is 12.1. The second-order valence-electron chi connectivity index (χ2n) is 4.57. The van der Waals surface area contributed by atoms with Gasteiger partial charge in [-0.3, -0.25) is 4.79 Å². The quantitative estimate of drug-likeness (QED) is 0.893. The van der Waals surface area contributed by atoms with E-state index in [0.717, 1.165) is 11.3 Å². The summed E-state index contributed by atoms with van der Waals surface area (Å²) >= 11 is 5.72. The van der Waals surface area contributed by atoms with Crippen molar-refractivity contribution >= 4 is 23.2 Å². The van der Waals surface area contributed by atoms with E-state index in [0.29, 0.717) is 12.1 Å². The molecule has 0 aromatic heterocycles. The zero-order chi connectivity index (χ0) is 14.1. The Morgan fingerprint density at radius 1 is 1.30 bits per heavy atom. The number of halogens is 1. The third-order valence-corrected chi connectivity index (χ3v) is 3.47. The number of aromatic hydroxyl groups is 1. The van der Waals surface area contributed by atoms with Crippen molar-refractivity contribution in [1.29, 1.82) is 0 Å². The highest BCUT2D eigenvalue weighted by Gasteiger charge is 2.28. The van der Waals surface area contributed by atoms with Crippen LogP contribution >= 0.6 is 11.6 Å². The molecule has 0 radical (unpaired) electrons. The normalized spacial score (nSPS) is 16.4. The smallest absolute Gasteiger partial charge is 0.265 e. The number of fused-ring (bicyclic) bond motifs is 1.